The lowest BCUT2D eigenvalue weighted by atomic mass is 10.1. The molecular formula is C13H19NO2. The van der Waals surface area contributed by atoms with Gasteiger partial charge in [0.15, 0.2) is 0 Å². The average molecular weight is 221 g/mol. The van der Waals surface area contributed by atoms with Crippen molar-refractivity contribution in [2.75, 3.05) is 18.1 Å². The summed E-state index contributed by atoms with van der Waals surface area (Å²) in [4.78, 5) is 2.21. The standard InChI is InChI=1S/C13H19NO2/c1-10(16)12-6-2-3-7-13(12)14-8-4-5-11(14)9-15/h2-3,6-7,10-11,15-16H,4-5,8-9H2,1H3/t10-,11?/m0/s1. The zero-order chi connectivity index (χ0) is 11.5. The topological polar surface area (TPSA) is 43.7 Å². The number of para-hydroxylation sites is 1. The minimum Gasteiger partial charge on any atom is -0.394 e. The molecule has 0 aromatic heterocycles. The number of hydrogen-bond acceptors (Lipinski definition) is 3. The van der Waals surface area contributed by atoms with Crippen molar-refractivity contribution in [2.24, 2.45) is 0 Å². The van der Waals surface area contributed by atoms with E-state index >= 15 is 0 Å². The summed E-state index contributed by atoms with van der Waals surface area (Å²) in [5.74, 6) is 0. The SMILES string of the molecule is C[C@H](O)c1ccccc1N1CCCC1CO. The average Bonchev–Trinajstić information content (AvgIpc) is 2.76. The van der Waals surface area contributed by atoms with E-state index in [1.165, 1.54) is 0 Å². The molecule has 1 aromatic rings. The summed E-state index contributed by atoms with van der Waals surface area (Å²) in [5, 5.41) is 19.1. The molecule has 0 radical (unpaired) electrons. The first-order valence-electron chi connectivity index (χ1n) is 5.88. The van der Waals surface area contributed by atoms with E-state index in [1.54, 1.807) is 6.92 Å². The Bertz CT molecular complexity index is 352. The van der Waals surface area contributed by atoms with Crippen molar-refractivity contribution < 1.29 is 10.2 Å². The molecule has 0 saturated carbocycles. The number of rotatable bonds is 3. The predicted molar refractivity (Wildman–Crippen MR) is 64.5 cm³/mol. The molecule has 16 heavy (non-hydrogen) atoms. The van der Waals surface area contributed by atoms with E-state index < -0.39 is 6.10 Å². The molecule has 1 heterocycles. The van der Waals surface area contributed by atoms with Gasteiger partial charge in [-0.05, 0) is 25.8 Å². The van der Waals surface area contributed by atoms with E-state index in [-0.39, 0.29) is 12.6 Å². The Kier molecular flexibility index (Phi) is 3.46. The van der Waals surface area contributed by atoms with Crippen molar-refractivity contribution in [2.45, 2.75) is 31.9 Å². The van der Waals surface area contributed by atoms with Crippen molar-refractivity contribution >= 4 is 5.69 Å². The molecule has 2 N–H and O–H groups in total. The van der Waals surface area contributed by atoms with Crippen LogP contribution in [0.2, 0.25) is 0 Å². The summed E-state index contributed by atoms with van der Waals surface area (Å²) in [5.41, 5.74) is 2.01. The van der Waals surface area contributed by atoms with Crippen molar-refractivity contribution in [3.8, 4) is 0 Å². The van der Waals surface area contributed by atoms with E-state index in [9.17, 15) is 10.2 Å². The molecule has 2 rings (SSSR count). The minimum absolute atomic E-state index is 0.189. The molecule has 1 saturated heterocycles. The van der Waals surface area contributed by atoms with E-state index in [2.05, 4.69) is 4.90 Å². The summed E-state index contributed by atoms with van der Waals surface area (Å²) in [6.07, 6.45) is 1.68. The molecule has 1 aliphatic heterocycles. The van der Waals surface area contributed by atoms with Crippen LogP contribution < -0.4 is 4.90 Å². The van der Waals surface area contributed by atoms with E-state index in [0.717, 1.165) is 30.6 Å². The second-order valence-corrected chi connectivity index (χ2v) is 4.41. The summed E-state index contributed by atoms with van der Waals surface area (Å²) in [7, 11) is 0. The maximum atomic E-state index is 9.73. The minimum atomic E-state index is -0.462. The highest BCUT2D eigenvalue weighted by molar-refractivity contribution is 5.56. The Balaban J connectivity index is 2.32. The number of aliphatic hydroxyl groups excluding tert-OH is 2. The van der Waals surface area contributed by atoms with Gasteiger partial charge in [-0.15, -0.1) is 0 Å². The molecule has 3 heteroatoms. The van der Waals surface area contributed by atoms with Gasteiger partial charge in [0.2, 0.25) is 0 Å². The van der Waals surface area contributed by atoms with Crippen LogP contribution in [-0.4, -0.2) is 29.4 Å². The number of aliphatic hydroxyl groups is 2. The maximum Gasteiger partial charge on any atom is 0.0781 e. The van der Waals surface area contributed by atoms with Crippen molar-refractivity contribution in [3.05, 3.63) is 29.8 Å². The van der Waals surface area contributed by atoms with Gasteiger partial charge in [-0.25, -0.2) is 0 Å². The van der Waals surface area contributed by atoms with Crippen LogP contribution in [0.5, 0.6) is 0 Å². The van der Waals surface area contributed by atoms with Gasteiger partial charge >= 0.3 is 0 Å². The fraction of sp³-hybridized carbons (Fsp3) is 0.538. The highest BCUT2D eigenvalue weighted by Gasteiger charge is 2.26. The number of benzene rings is 1. The Labute approximate surface area is 96.3 Å². The highest BCUT2D eigenvalue weighted by atomic mass is 16.3. The van der Waals surface area contributed by atoms with Crippen molar-refractivity contribution in [1.82, 2.24) is 0 Å². The van der Waals surface area contributed by atoms with Crippen LogP contribution in [0, 0.1) is 0 Å². The van der Waals surface area contributed by atoms with Gasteiger partial charge in [0, 0.05) is 17.8 Å². The summed E-state index contributed by atoms with van der Waals surface area (Å²) >= 11 is 0. The molecule has 88 valence electrons. The quantitative estimate of drug-likeness (QED) is 0.816. The van der Waals surface area contributed by atoms with Crippen LogP contribution in [0.15, 0.2) is 24.3 Å². The smallest absolute Gasteiger partial charge is 0.0781 e. The summed E-state index contributed by atoms with van der Waals surface area (Å²) in [6.45, 7) is 2.94. The van der Waals surface area contributed by atoms with E-state index in [1.807, 2.05) is 24.3 Å². The molecule has 0 bridgehead atoms. The predicted octanol–water partition coefficient (Wildman–Crippen LogP) is 1.70. The van der Waals surface area contributed by atoms with Gasteiger partial charge in [-0.3, -0.25) is 0 Å². The van der Waals surface area contributed by atoms with Gasteiger partial charge < -0.3 is 15.1 Å². The van der Waals surface area contributed by atoms with Gasteiger partial charge in [-0.2, -0.15) is 0 Å². The lowest BCUT2D eigenvalue weighted by Gasteiger charge is -2.28. The molecule has 1 aliphatic rings. The third-order valence-corrected chi connectivity index (χ3v) is 3.28. The summed E-state index contributed by atoms with van der Waals surface area (Å²) < 4.78 is 0. The lowest BCUT2D eigenvalue weighted by molar-refractivity contribution is 0.199. The van der Waals surface area contributed by atoms with Crippen LogP contribution in [0.25, 0.3) is 0 Å². The molecule has 3 nitrogen and oxygen atoms in total. The van der Waals surface area contributed by atoms with Crippen LogP contribution in [-0.2, 0) is 0 Å². The zero-order valence-electron chi connectivity index (χ0n) is 9.63. The third-order valence-electron chi connectivity index (χ3n) is 3.28. The number of nitrogens with zero attached hydrogens (tertiary/aromatic N) is 1. The normalized spacial score (nSPS) is 22.4. The number of anilines is 1. The number of hydrogen-bond donors (Lipinski definition) is 2. The molecule has 1 aromatic carbocycles. The maximum absolute atomic E-state index is 9.73. The van der Waals surface area contributed by atoms with Gasteiger partial charge in [0.25, 0.3) is 0 Å². The molecule has 1 fully saturated rings. The zero-order valence-corrected chi connectivity index (χ0v) is 9.63. The first-order valence-corrected chi connectivity index (χ1v) is 5.88. The van der Waals surface area contributed by atoms with Crippen LogP contribution >= 0.6 is 0 Å². The van der Waals surface area contributed by atoms with Crippen LogP contribution in [0.4, 0.5) is 5.69 Å². The Morgan fingerprint density at radius 2 is 2.19 bits per heavy atom. The Morgan fingerprint density at radius 1 is 1.44 bits per heavy atom. The first-order chi connectivity index (χ1) is 7.74. The lowest BCUT2D eigenvalue weighted by Crippen LogP contribution is -2.32. The molecule has 0 spiro atoms. The van der Waals surface area contributed by atoms with E-state index in [0.29, 0.717) is 0 Å². The van der Waals surface area contributed by atoms with Crippen LogP contribution in [0.1, 0.15) is 31.4 Å². The summed E-state index contributed by atoms with van der Waals surface area (Å²) in [6, 6.07) is 8.10. The largest absolute Gasteiger partial charge is 0.394 e. The van der Waals surface area contributed by atoms with Gasteiger partial charge in [-0.1, -0.05) is 18.2 Å². The van der Waals surface area contributed by atoms with Gasteiger partial charge in [0.05, 0.1) is 18.8 Å². The van der Waals surface area contributed by atoms with Crippen molar-refractivity contribution in [1.29, 1.82) is 0 Å². The second-order valence-electron chi connectivity index (χ2n) is 4.41. The second kappa shape index (κ2) is 4.85. The Hall–Kier alpha value is -1.06. The highest BCUT2D eigenvalue weighted by Crippen LogP contribution is 2.31. The fourth-order valence-corrected chi connectivity index (χ4v) is 2.45. The van der Waals surface area contributed by atoms with Crippen molar-refractivity contribution in [3.63, 3.8) is 0 Å². The molecular weight excluding hydrogens is 202 g/mol. The molecule has 2 atom stereocenters. The van der Waals surface area contributed by atoms with Gasteiger partial charge in [0.1, 0.15) is 0 Å². The van der Waals surface area contributed by atoms with Crippen LogP contribution in [0.3, 0.4) is 0 Å². The molecule has 0 amide bonds. The third kappa shape index (κ3) is 2.06. The molecule has 0 aliphatic carbocycles. The monoisotopic (exact) mass is 221 g/mol. The fourth-order valence-electron chi connectivity index (χ4n) is 2.45. The Morgan fingerprint density at radius 3 is 2.88 bits per heavy atom. The molecule has 1 unspecified atom stereocenters. The first kappa shape index (κ1) is 11.4. The van der Waals surface area contributed by atoms with E-state index in [4.69, 9.17) is 0 Å².